The second-order valence-corrected chi connectivity index (χ2v) is 8.22. The van der Waals surface area contributed by atoms with Crippen molar-refractivity contribution in [1.29, 1.82) is 0 Å². The van der Waals surface area contributed by atoms with Gasteiger partial charge in [0.2, 0.25) is 5.91 Å². The van der Waals surface area contributed by atoms with E-state index >= 15 is 0 Å². The van der Waals surface area contributed by atoms with E-state index in [0.717, 1.165) is 28.2 Å². The molecule has 2 aromatic rings. The highest BCUT2D eigenvalue weighted by Gasteiger charge is 2.49. The summed E-state index contributed by atoms with van der Waals surface area (Å²) in [6, 6.07) is 12.2. The third kappa shape index (κ3) is 4.00. The van der Waals surface area contributed by atoms with Crippen molar-refractivity contribution in [2.24, 2.45) is 0 Å². The second-order valence-electron chi connectivity index (χ2n) is 8.22. The molecular weight excluding hydrogens is 410 g/mol. The van der Waals surface area contributed by atoms with Crippen LogP contribution in [0.4, 0.5) is 4.79 Å². The van der Waals surface area contributed by atoms with Gasteiger partial charge in [-0.05, 0) is 38.5 Å². The van der Waals surface area contributed by atoms with Crippen molar-refractivity contribution < 1.29 is 23.9 Å². The summed E-state index contributed by atoms with van der Waals surface area (Å²) >= 11 is 0. The number of hydrogen-bond donors (Lipinski definition) is 2. The lowest BCUT2D eigenvalue weighted by molar-refractivity contribution is -0.134. The van der Waals surface area contributed by atoms with Crippen molar-refractivity contribution in [2.45, 2.75) is 45.4 Å². The van der Waals surface area contributed by atoms with Crippen molar-refractivity contribution in [3.8, 4) is 11.5 Å². The molecule has 2 atom stereocenters. The van der Waals surface area contributed by atoms with E-state index in [-0.39, 0.29) is 19.2 Å². The average Bonchev–Trinajstić information content (AvgIpc) is 3.24. The minimum absolute atomic E-state index is 0.0999. The molecule has 2 N–H and O–H groups in total. The fraction of sp³-hybridized carbons (Fsp3) is 0.375. The number of imide groups is 1. The lowest BCUT2D eigenvalue weighted by Crippen LogP contribution is -2.43. The molecular formula is C24H27N3O5. The standard InChI is InChI=1S/C24H27N3O5/c1-4-31-19-11-16-10-15(2)32-20(16)12-17(19)13-25-21(28)14-27-22(29)24(3,26-23(27)30)18-8-6-5-7-9-18/h5-9,11-12,15H,4,10,13-14H2,1-3H3,(H,25,28)(H,26,30)/t15-,24-/m0/s1. The highest BCUT2D eigenvalue weighted by atomic mass is 16.5. The van der Waals surface area contributed by atoms with Gasteiger partial charge >= 0.3 is 6.03 Å². The topological polar surface area (TPSA) is 97.0 Å². The van der Waals surface area contributed by atoms with Gasteiger partial charge in [0.25, 0.3) is 5.91 Å². The van der Waals surface area contributed by atoms with Crippen LogP contribution in [0.5, 0.6) is 11.5 Å². The molecule has 0 spiro atoms. The molecule has 0 aromatic heterocycles. The number of benzene rings is 2. The summed E-state index contributed by atoms with van der Waals surface area (Å²) in [4.78, 5) is 39.0. The van der Waals surface area contributed by atoms with Gasteiger partial charge < -0.3 is 20.1 Å². The van der Waals surface area contributed by atoms with Crippen LogP contribution >= 0.6 is 0 Å². The fourth-order valence-corrected chi connectivity index (χ4v) is 4.11. The van der Waals surface area contributed by atoms with E-state index in [4.69, 9.17) is 9.47 Å². The van der Waals surface area contributed by atoms with E-state index in [1.54, 1.807) is 31.2 Å². The molecule has 0 aliphatic carbocycles. The lowest BCUT2D eigenvalue weighted by atomic mass is 9.92. The van der Waals surface area contributed by atoms with E-state index in [1.165, 1.54) is 0 Å². The molecule has 32 heavy (non-hydrogen) atoms. The van der Waals surface area contributed by atoms with Crippen LogP contribution in [-0.2, 0) is 28.1 Å². The number of carbonyl (C=O) groups excluding carboxylic acids is 3. The Labute approximate surface area is 186 Å². The SMILES string of the molecule is CCOc1cc2c(cc1CNC(=O)CN1C(=O)N[C@@](C)(c3ccccc3)C1=O)O[C@@H](C)C2. The summed E-state index contributed by atoms with van der Waals surface area (Å²) in [5.74, 6) is 0.579. The molecule has 4 amide bonds. The van der Waals surface area contributed by atoms with E-state index < -0.39 is 23.4 Å². The molecule has 0 saturated carbocycles. The summed E-state index contributed by atoms with van der Waals surface area (Å²) in [5.41, 5.74) is 1.32. The van der Waals surface area contributed by atoms with E-state index in [2.05, 4.69) is 10.6 Å². The van der Waals surface area contributed by atoms with E-state index in [9.17, 15) is 14.4 Å². The van der Waals surface area contributed by atoms with Crippen molar-refractivity contribution in [1.82, 2.24) is 15.5 Å². The Morgan fingerprint density at radius 1 is 1.28 bits per heavy atom. The van der Waals surface area contributed by atoms with Gasteiger partial charge in [0.1, 0.15) is 29.7 Å². The molecule has 1 fully saturated rings. The Bertz CT molecular complexity index is 1060. The quantitative estimate of drug-likeness (QED) is 0.649. The Morgan fingerprint density at radius 3 is 2.75 bits per heavy atom. The first-order valence-corrected chi connectivity index (χ1v) is 10.7. The summed E-state index contributed by atoms with van der Waals surface area (Å²) in [6.07, 6.45) is 0.914. The number of urea groups is 1. The third-order valence-corrected chi connectivity index (χ3v) is 5.78. The maximum atomic E-state index is 13.0. The lowest BCUT2D eigenvalue weighted by Gasteiger charge is -2.22. The van der Waals surface area contributed by atoms with Gasteiger partial charge in [-0.1, -0.05) is 30.3 Å². The molecule has 2 aromatic carbocycles. The first-order valence-electron chi connectivity index (χ1n) is 10.7. The number of carbonyl (C=O) groups is 3. The van der Waals surface area contributed by atoms with Crippen LogP contribution in [0.15, 0.2) is 42.5 Å². The van der Waals surface area contributed by atoms with E-state index in [0.29, 0.717) is 17.9 Å². The summed E-state index contributed by atoms with van der Waals surface area (Å²) in [5, 5.41) is 5.49. The number of amides is 4. The van der Waals surface area contributed by atoms with Crippen LogP contribution in [0.2, 0.25) is 0 Å². The van der Waals surface area contributed by atoms with Crippen LogP contribution in [-0.4, -0.2) is 42.0 Å². The maximum absolute atomic E-state index is 13.0. The molecule has 168 valence electrons. The number of hydrogen-bond acceptors (Lipinski definition) is 5. The second kappa shape index (κ2) is 8.53. The molecule has 8 nitrogen and oxygen atoms in total. The first kappa shape index (κ1) is 21.7. The third-order valence-electron chi connectivity index (χ3n) is 5.78. The number of fused-ring (bicyclic) bond motifs is 1. The van der Waals surface area contributed by atoms with Crippen LogP contribution in [0.25, 0.3) is 0 Å². The zero-order chi connectivity index (χ0) is 22.9. The predicted molar refractivity (Wildman–Crippen MR) is 117 cm³/mol. The van der Waals surface area contributed by atoms with Gasteiger partial charge in [0.05, 0.1) is 6.61 Å². The predicted octanol–water partition coefficient (Wildman–Crippen LogP) is 2.49. The summed E-state index contributed by atoms with van der Waals surface area (Å²) in [7, 11) is 0. The molecule has 2 heterocycles. The Balaban J connectivity index is 1.43. The highest BCUT2D eigenvalue weighted by Crippen LogP contribution is 2.35. The number of nitrogens with one attached hydrogen (secondary N) is 2. The first-order chi connectivity index (χ1) is 15.3. The number of nitrogens with zero attached hydrogens (tertiary/aromatic N) is 1. The number of rotatable bonds is 7. The summed E-state index contributed by atoms with van der Waals surface area (Å²) < 4.78 is 11.6. The van der Waals surface area contributed by atoms with Gasteiger partial charge in [-0.25, -0.2) is 4.79 Å². The van der Waals surface area contributed by atoms with Crippen molar-refractivity contribution in [2.75, 3.05) is 13.2 Å². The molecule has 1 saturated heterocycles. The van der Waals surface area contributed by atoms with Crippen molar-refractivity contribution >= 4 is 17.8 Å². The van der Waals surface area contributed by atoms with Gasteiger partial charge in [0.15, 0.2) is 0 Å². The molecule has 0 bridgehead atoms. The van der Waals surface area contributed by atoms with Crippen molar-refractivity contribution in [3.63, 3.8) is 0 Å². The van der Waals surface area contributed by atoms with Gasteiger partial charge in [-0.2, -0.15) is 0 Å². The zero-order valence-electron chi connectivity index (χ0n) is 18.4. The molecule has 4 rings (SSSR count). The van der Waals surface area contributed by atoms with Crippen LogP contribution in [0, 0.1) is 0 Å². The monoisotopic (exact) mass is 437 g/mol. The summed E-state index contributed by atoms with van der Waals surface area (Å²) in [6.45, 7) is 5.87. The Kier molecular flexibility index (Phi) is 5.78. The molecule has 2 aliphatic heterocycles. The van der Waals surface area contributed by atoms with Gasteiger partial charge in [-0.15, -0.1) is 0 Å². The minimum atomic E-state index is -1.20. The Morgan fingerprint density at radius 2 is 2.03 bits per heavy atom. The van der Waals surface area contributed by atoms with Crippen molar-refractivity contribution in [3.05, 3.63) is 59.2 Å². The molecule has 0 radical (unpaired) electrons. The zero-order valence-corrected chi connectivity index (χ0v) is 18.4. The normalized spacial score (nSPS) is 21.7. The number of ether oxygens (including phenoxy) is 2. The highest BCUT2D eigenvalue weighted by molar-refractivity contribution is 6.09. The van der Waals surface area contributed by atoms with Gasteiger partial charge in [0, 0.05) is 24.1 Å². The molecule has 2 aliphatic rings. The minimum Gasteiger partial charge on any atom is -0.494 e. The average molecular weight is 437 g/mol. The fourth-order valence-electron chi connectivity index (χ4n) is 4.11. The largest absolute Gasteiger partial charge is 0.494 e. The van der Waals surface area contributed by atoms with E-state index in [1.807, 2.05) is 32.0 Å². The maximum Gasteiger partial charge on any atom is 0.325 e. The van der Waals surface area contributed by atoms with Crippen LogP contribution in [0.3, 0.4) is 0 Å². The van der Waals surface area contributed by atoms with Gasteiger partial charge in [-0.3, -0.25) is 14.5 Å². The van der Waals surface area contributed by atoms with Crippen LogP contribution in [0.1, 0.15) is 37.5 Å². The smallest absolute Gasteiger partial charge is 0.325 e. The van der Waals surface area contributed by atoms with Crippen LogP contribution < -0.4 is 20.1 Å². The Hall–Kier alpha value is -3.55. The molecule has 8 heteroatoms. The molecule has 0 unspecified atom stereocenters.